The van der Waals surface area contributed by atoms with E-state index >= 15 is 0 Å². The number of carbonyl (C=O) groups excluding carboxylic acids is 1. The van der Waals surface area contributed by atoms with E-state index < -0.39 is 22.0 Å². The van der Waals surface area contributed by atoms with E-state index in [4.69, 9.17) is 4.74 Å². The Balaban J connectivity index is 1.74. The van der Waals surface area contributed by atoms with Gasteiger partial charge >= 0.3 is 0 Å². The fourth-order valence-electron chi connectivity index (χ4n) is 3.19. The molecule has 3 aromatic carbocycles. The summed E-state index contributed by atoms with van der Waals surface area (Å²) >= 11 is 3.41. The van der Waals surface area contributed by atoms with Gasteiger partial charge in [-0.1, -0.05) is 76.6 Å². The molecule has 3 aromatic rings. The minimum absolute atomic E-state index is 0.129. The van der Waals surface area contributed by atoms with Gasteiger partial charge < -0.3 is 4.74 Å². The topological polar surface area (TPSA) is 96.9 Å². The summed E-state index contributed by atoms with van der Waals surface area (Å²) in [6, 6.07) is 20.1. The van der Waals surface area contributed by atoms with Crippen LogP contribution in [0.1, 0.15) is 29.2 Å². The molecule has 1 amide bonds. The molecule has 7 nitrogen and oxygen atoms in total. The van der Waals surface area contributed by atoms with Gasteiger partial charge in [0.15, 0.2) is 0 Å². The van der Waals surface area contributed by atoms with Crippen LogP contribution in [-0.4, -0.2) is 27.1 Å². The lowest BCUT2D eigenvalue weighted by molar-refractivity contribution is -0.121. The van der Waals surface area contributed by atoms with Gasteiger partial charge in [0.1, 0.15) is 12.4 Å². The Labute approximate surface area is 214 Å². The number of carbonyl (C=O) groups is 1. The molecule has 0 radical (unpaired) electrons. The SMILES string of the molecule is C=CCOc1ccc(Br)cc1/C=N\NC(=O)C[C@H](NS(=O)(=O)c1ccc(C)cc1)c1ccccc1. The van der Waals surface area contributed by atoms with E-state index in [1.165, 1.54) is 18.3 Å². The summed E-state index contributed by atoms with van der Waals surface area (Å²) in [5, 5.41) is 4.03. The average Bonchev–Trinajstić information content (AvgIpc) is 2.84. The monoisotopic (exact) mass is 555 g/mol. The second-order valence-electron chi connectivity index (χ2n) is 7.68. The van der Waals surface area contributed by atoms with Crippen LogP contribution in [0.25, 0.3) is 0 Å². The van der Waals surface area contributed by atoms with Crippen LogP contribution in [0.3, 0.4) is 0 Å². The van der Waals surface area contributed by atoms with Crippen LogP contribution >= 0.6 is 15.9 Å². The van der Waals surface area contributed by atoms with E-state index in [1.54, 1.807) is 54.6 Å². The van der Waals surface area contributed by atoms with E-state index in [2.05, 4.69) is 37.8 Å². The molecule has 0 saturated carbocycles. The average molecular weight is 556 g/mol. The summed E-state index contributed by atoms with van der Waals surface area (Å²) < 4.78 is 35.0. The van der Waals surface area contributed by atoms with E-state index in [-0.39, 0.29) is 11.3 Å². The third-order valence-corrected chi connectivity index (χ3v) is 6.92. The largest absolute Gasteiger partial charge is 0.489 e. The lowest BCUT2D eigenvalue weighted by atomic mass is 10.0. The maximum absolute atomic E-state index is 13.0. The van der Waals surface area contributed by atoms with E-state index in [1.807, 2.05) is 19.1 Å². The van der Waals surface area contributed by atoms with Crippen LogP contribution < -0.4 is 14.9 Å². The van der Waals surface area contributed by atoms with Crippen LogP contribution in [0.2, 0.25) is 0 Å². The fourth-order valence-corrected chi connectivity index (χ4v) is 4.79. The zero-order chi connectivity index (χ0) is 25.3. The van der Waals surface area contributed by atoms with E-state index in [9.17, 15) is 13.2 Å². The molecule has 0 fully saturated rings. The predicted octanol–water partition coefficient (Wildman–Crippen LogP) is 4.88. The first-order valence-corrected chi connectivity index (χ1v) is 13.0. The quantitative estimate of drug-likeness (QED) is 0.200. The second-order valence-corrected chi connectivity index (χ2v) is 10.3. The Kier molecular flexibility index (Phi) is 9.36. The molecule has 0 saturated heterocycles. The molecule has 0 heterocycles. The minimum atomic E-state index is -3.85. The maximum Gasteiger partial charge on any atom is 0.242 e. The first-order valence-electron chi connectivity index (χ1n) is 10.8. The van der Waals surface area contributed by atoms with Gasteiger partial charge in [0.2, 0.25) is 15.9 Å². The maximum atomic E-state index is 13.0. The summed E-state index contributed by atoms with van der Waals surface area (Å²) in [5.74, 6) is 0.129. The molecule has 0 aromatic heterocycles. The molecule has 0 aliphatic carbocycles. The number of nitrogens with zero attached hydrogens (tertiary/aromatic N) is 1. The van der Waals surface area contributed by atoms with Crippen LogP contribution in [0.15, 0.2) is 99.9 Å². The normalized spacial score (nSPS) is 12.3. The van der Waals surface area contributed by atoms with Gasteiger partial charge in [0.25, 0.3) is 0 Å². The van der Waals surface area contributed by atoms with Gasteiger partial charge in [-0.25, -0.2) is 18.6 Å². The third kappa shape index (κ3) is 7.88. The second kappa shape index (κ2) is 12.4. The third-order valence-electron chi connectivity index (χ3n) is 4.94. The van der Waals surface area contributed by atoms with Crippen molar-refractivity contribution in [1.29, 1.82) is 0 Å². The van der Waals surface area contributed by atoms with Crippen LogP contribution in [0.5, 0.6) is 5.75 Å². The number of amides is 1. The van der Waals surface area contributed by atoms with E-state index in [0.717, 1.165) is 10.0 Å². The lowest BCUT2D eigenvalue weighted by Crippen LogP contribution is -2.32. The molecule has 0 spiro atoms. The highest BCUT2D eigenvalue weighted by atomic mass is 79.9. The van der Waals surface area contributed by atoms with Crippen molar-refractivity contribution in [1.82, 2.24) is 10.1 Å². The number of sulfonamides is 1. The minimum Gasteiger partial charge on any atom is -0.489 e. The van der Waals surface area contributed by atoms with Crippen molar-refractivity contribution in [3.05, 3.63) is 107 Å². The number of hydrogen-bond donors (Lipinski definition) is 2. The Bertz CT molecular complexity index is 1290. The molecule has 0 aliphatic heterocycles. The highest BCUT2D eigenvalue weighted by Gasteiger charge is 2.23. The van der Waals surface area contributed by atoms with Crippen LogP contribution in [-0.2, 0) is 14.8 Å². The number of hydrogen-bond acceptors (Lipinski definition) is 5. The number of aryl methyl sites for hydroxylation is 1. The highest BCUT2D eigenvalue weighted by Crippen LogP contribution is 2.23. The highest BCUT2D eigenvalue weighted by molar-refractivity contribution is 9.10. The first kappa shape index (κ1) is 26.3. The molecule has 3 rings (SSSR count). The molecule has 1 atom stereocenters. The molecule has 9 heteroatoms. The van der Waals surface area contributed by atoms with Gasteiger partial charge in [-0.2, -0.15) is 5.10 Å². The fraction of sp³-hybridized carbons (Fsp3) is 0.154. The Morgan fingerprint density at radius 1 is 1.11 bits per heavy atom. The summed E-state index contributed by atoms with van der Waals surface area (Å²) in [4.78, 5) is 12.8. The van der Waals surface area contributed by atoms with Gasteiger partial charge in [-0.05, 0) is 42.8 Å². The van der Waals surface area contributed by atoms with Crippen LogP contribution in [0.4, 0.5) is 0 Å². The van der Waals surface area contributed by atoms with Crippen molar-refractivity contribution >= 4 is 38.1 Å². The molecule has 35 heavy (non-hydrogen) atoms. The number of halogens is 1. The van der Waals surface area contributed by atoms with Gasteiger partial charge in [-0.15, -0.1) is 0 Å². The Morgan fingerprint density at radius 2 is 1.83 bits per heavy atom. The van der Waals surface area contributed by atoms with Crippen molar-refractivity contribution in [2.45, 2.75) is 24.3 Å². The van der Waals surface area contributed by atoms with E-state index in [0.29, 0.717) is 23.5 Å². The zero-order valence-electron chi connectivity index (χ0n) is 19.1. The number of ether oxygens (including phenoxy) is 1. The first-order chi connectivity index (χ1) is 16.8. The van der Waals surface area contributed by atoms with Gasteiger partial charge in [-0.3, -0.25) is 4.79 Å². The van der Waals surface area contributed by atoms with Gasteiger partial charge in [0.05, 0.1) is 17.2 Å². The molecular weight excluding hydrogens is 530 g/mol. The Morgan fingerprint density at radius 3 is 2.51 bits per heavy atom. The van der Waals surface area contributed by atoms with Crippen molar-refractivity contribution in [2.75, 3.05) is 6.61 Å². The molecule has 2 N–H and O–H groups in total. The molecule has 0 aliphatic rings. The summed E-state index contributed by atoms with van der Waals surface area (Å²) in [7, 11) is -3.85. The standard InChI is InChI=1S/C26H26BrN3O4S/c1-3-15-34-25-14-11-22(27)16-21(25)18-28-29-26(31)17-24(20-7-5-4-6-8-20)30-35(32,33)23-12-9-19(2)10-13-23/h3-14,16,18,24,30H,1,15,17H2,2H3,(H,29,31)/b28-18-/t24-/m0/s1. The van der Waals surface area contributed by atoms with Crippen molar-refractivity contribution < 1.29 is 17.9 Å². The van der Waals surface area contributed by atoms with Crippen LogP contribution in [0, 0.1) is 6.92 Å². The number of benzene rings is 3. The van der Waals surface area contributed by atoms with Crippen molar-refractivity contribution in [2.24, 2.45) is 5.10 Å². The summed E-state index contributed by atoms with van der Waals surface area (Å²) in [6.07, 6.45) is 2.95. The lowest BCUT2D eigenvalue weighted by Gasteiger charge is -2.18. The van der Waals surface area contributed by atoms with Crippen molar-refractivity contribution in [3.8, 4) is 5.75 Å². The molecule has 0 unspecified atom stereocenters. The van der Waals surface area contributed by atoms with Crippen molar-refractivity contribution in [3.63, 3.8) is 0 Å². The summed E-state index contributed by atoms with van der Waals surface area (Å²) in [5.41, 5.74) is 4.74. The molecule has 0 bridgehead atoms. The Hall–Kier alpha value is -3.27. The zero-order valence-corrected chi connectivity index (χ0v) is 21.6. The predicted molar refractivity (Wildman–Crippen MR) is 141 cm³/mol. The smallest absolute Gasteiger partial charge is 0.242 e. The molecule has 182 valence electrons. The number of hydrazone groups is 1. The molecular formula is C26H26BrN3O4S. The number of nitrogens with one attached hydrogen (secondary N) is 2. The summed E-state index contributed by atoms with van der Waals surface area (Å²) in [6.45, 7) is 5.84. The van der Waals surface area contributed by atoms with Gasteiger partial charge in [0, 0.05) is 16.5 Å². The number of rotatable bonds is 11.